The summed E-state index contributed by atoms with van der Waals surface area (Å²) < 4.78 is 1.18. The fourth-order valence-electron chi connectivity index (χ4n) is 2.13. The average molecular weight is 310 g/mol. The van der Waals surface area contributed by atoms with Gasteiger partial charge in [0.15, 0.2) is 0 Å². The van der Waals surface area contributed by atoms with E-state index in [0.717, 1.165) is 0 Å². The molecule has 1 unspecified atom stereocenters. The first-order valence-electron chi connectivity index (χ1n) is 5.61. The number of hydrogen-bond acceptors (Lipinski definition) is 2. The lowest BCUT2D eigenvalue weighted by Gasteiger charge is -2.16. The van der Waals surface area contributed by atoms with Crippen LogP contribution >= 0.6 is 27.3 Å². The molecule has 1 N–H and O–H groups in total. The van der Waals surface area contributed by atoms with E-state index in [9.17, 15) is 0 Å². The lowest BCUT2D eigenvalue weighted by Crippen LogP contribution is -2.16. The van der Waals surface area contributed by atoms with Gasteiger partial charge in [0.05, 0.1) is 9.83 Å². The SMILES string of the molecule is CNC(c1cc(C)cc(C)c1)c1ccc(Br)s1. The van der Waals surface area contributed by atoms with Crippen LogP contribution in [0.4, 0.5) is 0 Å². The summed E-state index contributed by atoms with van der Waals surface area (Å²) in [5.74, 6) is 0. The number of thiophene rings is 1. The fourth-order valence-corrected chi connectivity index (χ4v) is 3.70. The summed E-state index contributed by atoms with van der Waals surface area (Å²) in [7, 11) is 2.01. The van der Waals surface area contributed by atoms with Gasteiger partial charge in [-0.15, -0.1) is 11.3 Å². The van der Waals surface area contributed by atoms with Crippen LogP contribution in [0.1, 0.15) is 27.6 Å². The van der Waals surface area contributed by atoms with Crippen LogP contribution in [0.15, 0.2) is 34.1 Å². The van der Waals surface area contributed by atoms with Crippen molar-refractivity contribution in [1.82, 2.24) is 5.32 Å². The average Bonchev–Trinajstić information content (AvgIpc) is 2.64. The molecular weight excluding hydrogens is 294 g/mol. The summed E-state index contributed by atoms with van der Waals surface area (Å²) in [5, 5.41) is 3.39. The monoisotopic (exact) mass is 309 g/mol. The Hall–Kier alpha value is -0.640. The molecule has 0 fully saturated rings. The highest BCUT2D eigenvalue weighted by atomic mass is 79.9. The Morgan fingerprint density at radius 1 is 1.12 bits per heavy atom. The van der Waals surface area contributed by atoms with Crippen LogP contribution in [0.25, 0.3) is 0 Å². The maximum absolute atomic E-state index is 3.52. The molecule has 0 saturated heterocycles. The molecular formula is C14H16BrNS. The molecule has 90 valence electrons. The van der Waals surface area contributed by atoms with Gasteiger partial charge >= 0.3 is 0 Å². The predicted molar refractivity (Wildman–Crippen MR) is 78.8 cm³/mol. The van der Waals surface area contributed by atoms with Gasteiger partial charge in [0, 0.05) is 4.88 Å². The summed E-state index contributed by atoms with van der Waals surface area (Å²) in [6.45, 7) is 4.29. The standard InChI is InChI=1S/C14H16BrNS/c1-9-6-10(2)8-11(7-9)14(16-3)12-4-5-13(15)17-12/h4-8,14,16H,1-3H3. The molecule has 0 bridgehead atoms. The number of nitrogens with one attached hydrogen (secondary N) is 1. The van der Waals surface area contributed by atoms with E-state index in [1.54, 1.807) is 11.3 Å². The molecule has 1 atom stereocenters. The molecule has 0 amide bonds. The molecule has 0 radical (unpaired) electrons. The van der Waals surface area contributed by atoms with E-state index in [1.165, 1.54) is 25.4 Å². The zero-order valence-electron chi connectivity index (χ0n) is 10.3. The van der Waals surface area contributed by atoms with Gasteiger partial charge in [0.1, 0.15) is 0 Å². The number of benzene rings is 1. The molecule has 2 aromatic rings. The Balaban J connectivity index is 2.41. The van der Waals surface area contributed by atoms with Crippen LogP contribution in [0, 0.1) is 13.8 Å². The minimum atomic E-state index is 0.282. The third-order valence-corrected chi connectivity index (χ3v) is 4.43. The smallest absolute Gasteiger partial charge is 0.0702 e. The zero-order valence-corrected chi connectivity index (χ0v) is 12.7. The normalized spacial score (nSPS) is 12.7. The van der Waals surface area contributed by atoms with Crippen molar-refractivity contribution in [2.75, 3.05) is 7.05 Å². The first-order chi connectivity index (χ1) is 8.10. The van der Waals surface area contributed by atoms with Crippen molar-refractivity contribution in [3.63, 3.8) is 0 Å². The Morgan fingerprint density at radius 3 is 2.24 bits per heavy atom. The van der Waals surface area contributed by atoms with Crippen LogP contribution in [-0.4, -0.2) is 7.05 Å². The maximum atomic E-state index is 3.52. The van der Waals surface area contributed by atoms with E-state index in [1.807, 2.05) is 7.05 Å². The van der Waals surface area contributed by atoms with Gasteiger partial charge in [-0.3, -0.25) is 0 Å². The van der Waals surface area contributed by atoms with Crippen molar-refractivity contribution >= 4 is 27.3 Å². The third kappa shape index (κ3) is 2.97. The van der Waals surface area contributed by atoms with Gasteiger partial charge in [-0.2, -0.15) is 0 Å². The highest BCUT2D eigenvalue weighted by molar-refractivity contribution is 9.11. The first kappa shape index (κ1) is 12.8. The van der Waals surface area contributed by atoms with Crippen molar-refractivity contribution in [1.29, 1.82) is 0 Å². The van der Waals surface area contributed by atoms with Crippen LogP contribution in [0.2, 0.25) is 0 Å². The fraction of sp³-hybridized carbons (Fsp3) is 0.286. The lowest BCUT2D eigenvalue weighted by molar-refractivity contribution is 0.702. The van der Waals surface area contributed by atoms with E-state index >= 15 is 0 Å². The molecule has 0 aliphatic heterocycles. The number of halogens is 1. The molecule has 0 spiro atoms. The van der Waals surface area contributed by atoms with Crippen molar-refractivity contribution in [3.05, 3.63) is 55.7 Å². The Kier molecular flexibility index (Phi) is 4.02. The van der Waals surface area contributed by atoms with Gasteiger partial charge < -0.3 is 5.32 Å². The molecule has 1 heterocycles. The van der Waals surface area contributed by atoms with Crippen LogP contribution in [-0.2, 0) is 0 Å². The van der Waals surface area contributed by atoms with Crippen LogP contribution in [0.3, 0.4) is 0 Å². The van der Waals surface area contributed by atoms with Crippen molar-refractivity contribution in [2.45, 2.75) is 19.9 Å². The van der Waals surface area contributed by atoms with Gasteiger partial charge in [0.2, 0.25) is 0 Å². The molecule has 17 heavy (non-hydrogen) atoms. The quantitative estimate of drug-likeness (QED) is 0.884. The molecule has 1 nitrogen and oxygen atoms in total. The number of hydrogen-bond donors (Lipinski definition) is 1. The maximum Gasteiger partial charge on any atom is 0.0702 e. The van der Waals surface area contributed by atoms with Crippen molar-refractivity contribution in [2.24, 2.45) is 0 Å². The third-order valence-electron chi connectivity index (χ3n) is 2.74. The Morgan fingerprint density at radius 2 is 1.76 bits per heavy atom. The zero-order chi connectivity index (χ0) is 12.4. The van der Waals surface area contributed by atoms with Crippen molar-refractivity contribution < 1.29 is 0 Å². The first-order valence-corrected chi connectivity index (χ1v) is 7.22. The van der Waals surface area contributed by atoms with Gasteiger partial charge in [0.25, 0.3) is 0 Å². The minimum absolute atomic E-state index is 0.282. The topological polar surface area (TPSA) is 12.0 Å². The van der Waals surface area contributed by atoms with E-state index < -0.39 is 0 Å². The number of aryl methyl sites for hydroxylation is 2. The highest BCUT2D eigenvalue weighted by Gasteiger charge is 2.14. The molecule has 0 aliphatic rings. The second kappa shape index (κ2) is 5.34. The van der Waals surface area contributed by atoms with E-state index in [0.29, 0.717) is 0 Å². The molecule has 3 heteroatoms. The van der Waals surface area contributed by atoms with Gasteiger partial charge in [-0.1, -0.05) is 29.3 Å². The summed E-state index contributed by atoms with van der Waals surface area (Å²) in [6, 6.07) is 11.3. The van der Waals surface area contributed by atoms with Gasteiger partial charge in [-0.05, 0) is 54.5 Å². The predicted octanol–water partition coefficient (Wildman–Crippen LogP) is 4.44. The highest BCUT2D eigenvalue weighted by Crippen LogP contribution is 2.31. The van der Waals surface area contributed by atoms with E-state index in [4.69, 9.17) is 0 Å². The summed E-state index contributed by atoms with van der Waals surface area (Å²) in [5.41, 5.74) is 3.96. The molecule has 0 saturated carbocycles. The second-order valence-corrected chi connectivity index (χ2v) is 6.78. The van der Waals surface area contributed by atoms with E-state index in [2.05, 4.69) is 65.4 Å². The molecule has 1 aromatic heterocycles. The Labute approximate surface area is 115 Å². The summed E-state index contributed by atoms with van der Waals surface area (Å²) >= 11 is 5.30. The summed E-state index contributed by atoms with van der Waals surface area (Å²) in [4.78, 5) is 1.34. The van der Waals surface area contributed by atoms with Crippen LogP contribution < -0.4 is 5.32 Å². The van der Waals surface area contributed by atoms with Gasteiger partial charge in [-0.25, -0.2) is 0 Å². The Bertz CT molecular complexity index is 498. The lowest BCUT2D eigenvalue weighted by atomic mass is 10.0. The molecule has 0 aliphatic carbocycles. The number of rotatable bonds is 3. The largest absolute Gasteiger partial charge is 0.309 e. The second-order valence-electron chi connectivity index (χ2n) is 4.28. The van der Waals surface area contributed by atoms with Crippen molar-refractivity contribution in [3.8, 4) is 0 Å². The van der Waals surface area contributed by atoms with Crippen LogP contribution in [0.5, 0.6) is 0 Å². The minimum Gasteiger partial charge on any atom is -0.309 e. The van der Waals surface area contributed by atoms with E-state index in [-0.39, 0.29) is 6.04 Å². The summed E-state index contributed by atoms with van der Waals surface area (Å²) in [6.07, 6.45) is 0. The molecule has 2 rings (SSSR count). The molecule has 1 aromatic carbocycles.